The van der Waals surface area contributed by atoms with Crippen LogP contribution in [-0.2, 0) is 21.2 Å². The van der Waals surface area contributed by atoms with Gasteiger partial charge in [-0.25, -0.2) is 13.4 Å². The van der Waals surface area contributed by atoms with Crippen LogP contribution in [0.5, 0.6) is 11.5 Å². The van der Waals surface area contributed by atoms with E-state index < -0.39 is 39.4 Å². The zero-order valence-corrected chi connectivity index (χ0v) is 20.1. The predicted octanol–water partition coefficient (Wildman–Crippen LogP) is 2.83. The van der Waals surface area contributed by atoms with Gasteiger partial charge >= 0.3 is 6.36 Å². The van der Waals surface area contributed by atoms with Gasteiger partial charge in [0.1, 0.15) is 17.1 Å². The summed E-state index contributed by atoms with van der Waals surface area (Å²) in [6.07, 6.45) is -3.63. The van der Waals surface area contributed by atoms with Crippen molar-refractivity contribution in [2.75, 3.05) is 10.7 Å². The molecule has 10 nitrogen and oxygen atoms in total. The van der Waals surface area contributed by atoms with Gasteiger partial charge in [-0.2, -0.15) is 0 Å². The van der Waals surface area contributed by atoms with Crippen molar-refractivity contribution in [3.05, 3.63) is 47.7 Å². The van der Waals surface area contributed by atoms with Crippen LogP contribution < -0.4 is 20.1 Å². The third kappa shape index (κ3) is 4.55. The highest BCUT2D eigenvalue weighted by Gasteiger charge is 2.37. The minimum absolute atomic E-state index is 0.0686. The van der Waals surface area contributed by atoms with Crippen molar-refractivity contribution in [2.24, 2.45) is 5.73 Å². The Morgan fingerprint density at radius 3 is 2.42 bits per heavy atom. The molecule has 1 aliphatic rings. The van der Waals surface area contributed by atoms with Crippen LogP contribution in [0.3, 0.4) is 0 Å². The molecule has 192 valence electrons. The first kappa shape index (κ1) is 25.3. The monoisotopic (exact) mass is 526 g/mol. The molecule has 1 aromatic carbocycles. The summed E-state index contributed by atoms with van der Waals surface area (Å²) in [5.74, 6) is -2.46. The Balaban J connectivity index is 1.81. The van der Waals surface area contributed by atoms with Gasteiger partial charge in [0, 0.05) is 5.56 Å². The number of hydrogen-bond acceptors (Lipinski definition) is 7. The molecule has 3 heterocycles. The van der Waals surface area contributed by atoms with Crippen LogP contribution in [0.2, 0.25) is 0 Å². The first-order valence-corrected chi connectivity index (χ1v) is 12.2. The Morgan fingerprint density at radius 1 is 1.14 bits per heavy atom. The van der Waals surface area contributed by atoms with E-state index in [1.807, 2.05) is 0 Å². The summed E-state index contributed by atoms with van der Waals surface area (Å²) in [6.45, 7) is 4.18. The number of alkyl halides is 3. The molecule has 2 aromatic heterocycles. The molecule has 0 unspecified atom stereocenters. The normalized spacial score (nSPS) is 14.3. The molecule has 3 aromatic rings. The van der Waals surface area contributed by atoms with Gasteiger partial charge in [0.15, 0.2) is 26.3 Å². The number of sulfone groups is 1. The van der Waals surface area contributed by atoms with Gasteiger partial charge in [-0.15, -0.1) is 13.2 Å². The zero-order chi connectivity index (χ0) is 26.6. The topological polar surface area (TPSA) is 133 Å². The molecule has 2 N–H and O–H groups in total. The molecule has 0 saturated carbocycles. The number of primary amides is 1. The third-order valence-electron chi connectivity index (χ3n) is 5.55. The van der Waals surface area contributed by atoms with Crippen LogP contribution in [0.1, 0.15) is 36.7 Å². The number of fused-ring (bicyclic) bond motifs is 2. The standard InChI is InChI=1S/C22H21F3N4O6S/c1-4-36(32,33)19-17(27-16-8-7-14(11-28(16)19)34-21(2,3)20(26)31)29-10-12-5-6-13(35-22(23,24)25)9-15(12)18(29)30/h5-9,11H,4,10H2,1-3H3,(H2,26,31). The van der Waals surface area contributed by atoms with Crippen molar-refractivity contribution in [1.82, 2.24) is 9.38 Å². The van der Waals surface area contributed by atoms with E-state index in [0.29, 0.717) is 5.56 Å². The van der Waals surface area contributed by atoms with Crippen molar-refractivity contribution >= 4 is 33.1 Å². The fourth-order valence-electron chi connectivity index (χ4n) is 3.65. The van der Waals surface area contributed by atoms with E-state index in [2.05, 4.69) is 9.72 Å². The van der Waals surface area contributed by atoms with E-state index in [1.165, 1.54) is 49.6 Å². The first-order valence-electron chi connectivity index (χ1n) is 10.6. The second kappa shape index (κ2) is 8.40. The fourth-order valence-corrected chi connectivity index (χ4v) is 4.80. The van der Waals surface area contributed by atoms with Crippen molar-refractivity contribution < 1.29 is 40.7 Å². The minimum atomic E-state index is -4.94. The molecule has 0 radical (unpaired) electrons. The van der Waals surface area contributed by atoms with Crippen LogP contribution in [0, 0.1) is 0 Å². The maximum absolute atomic E-state index is 13.2. The Morgan fingerprint density at radius 2 is 1.81 bits per heavy atom. The second-order valence-electron chi connectivity index (χ2n) is 8.47. The number of halogens is 3. The van der Waals surface area contributed by atoms with Gasteiger partial charge in [0.05, 0.1) is 18.5 Å². The molecule has 14 heteroatoms. The van der Waals surface area contributed by atoms with Crippen molar-refractivity contribution in [3.63, 3.8) is 0 Å². The van der Waals surface area contributed by atoms with Crippen LogP contribution in [0.4, 0.5) is 19.0 Å². The number of carbonyl (C=O) groups excluding carboxylic acids is 2. The molecule has 0 aliphatic carbocycles. The highest BCUT2D eigenvalue weighted by molar-refractivity contribution is 7.91. The third-order valence-corrected chi connectivity index (χ3v) is 7.27. The number of aromatic nitrogens is 2. The van der Waals surface area contributed by atoms with Crippen LogP contribution in [-0.4, -0.2) is 47.3 Å². The molecule has 0 saturated heterocycles. The molecular formula is C22H21F3N4O6S. The minimum Gasteiger partial charge on any atom is -0.476 e. The number of hydrogen-bond donors (Lipinski definition) is 1. The number of imidazole rings is 1. The number of amides is 2. The first-order chi connectivity index (χ1) is 16.6. The number of rotatable bonds is 7. The molecule has 4 rings (SSSR count). The van der Waals surface area contributed by atoms with E-state index in [1.54, 1.807) is 0 Å². The number of benzene rings is 1. The Bertz CT molecular complexity index is 1500. The van der Waals surface area contributed by atoms with Gasteiger partial charge in [0.2, 0.25) is 0 Å². The molecule has 0 bridgehead atoms. The van der Waals surface area contributed by atoms with Gasteiger partial charge in [0.25, 0.3) is 11.8 Å². The Kier molecular flexibility index (Phi) is 5.90. The molecule has 1 aliphatic heterocycles. The maximum atomic E-state index is 13.2. The van der Waals surface area contributed by atoms with E-state index >= 15 is 0 Å². The number of anilines is 1. The molecule has 0 atom stereocenters. The summed E-state index contributed by atoms with van der Waals surface area (Å²) in [6, 6.07) is 6.22. The van der Waals surface area contributed by atoms with Crippen molar-refractivity contribution in [2.45, 2.75) is 44.3 Å². The molecule has 36 heavy (non-hydrogen) atoms. The van der Waals surface area contributed by atoms with Crippen molar-refractivity contribution in [3.8, 4) is 11.5 Å². The van der Waals surface area contributed by atoms with E-state index in [4.69, 9.17) is 10.5 Å². The largest absolute Gasteiger partial charge is 0.573 e. The molecular weight excluding hydrogens is 505 g/mol. The van der Waals surface area contributed by atoms with Crippen LogP contribution in [0.25, 0.3) is 5.65 Å². The highest BCUT2D eigenvalue weighted by atomic mass is 32.2. The zero-order valence-electron chi connectivity index (χ0n) is 19.3. The van der Waals surface area contributed by atoms with Crippen molar-refractivity contribution in [1.29, 1.82) is 0 Å². The molecule has 0 spiro atoms. The average Bonchev–Trinajstić information content (AvgIpc) is 3.30. The van der Waals surface area contributed by atoms with E-state index in [0.717, 1.165) is 17.0 Å². The Hall–Kier alpha value is -3.81. The fraction of sp³-hybridized carbons (Fsp3) is 0.318. The lowest BCUT2D eigenvalue weighted by Gasteiger charge is -2.22. The van der Waals surface area contributed by atoms with Gasteiger partial charge in [-0.05, 0) is 43.7 Å². The number of carbonyl (C=O) groups is 2. The quantitative estimate of drug-likeness (QED) is 0.501. The SMILES string of the molecule is CCS(=O)(=O)c1c(N2Cc3ccc(OC(F)(F)F)cc3C2=O)nc2ccc(OC(C)(C)C(N)=O)cn12. The summed E-state index contributed by atoms with van der Waals surface area (Å²) >= 11 is 0. The average molecular weight is 526 g/mol. The summed E-state index contributed by atoms with van der Waals surface area (Å²) < 4.78 is 74.8. The molecule has 2 amide bonds. The highest BCUT2D eigenvalue weighted by Crippen LogP contribution is 2.36. The summed E-state index contributed by atoms with van der Waals surface area (Å²) in [5, 5.41) is -0.310. The van der Waals surface area contributed by atoms with Gasteiger partial charge in [-0.3, -0.25) is 18.9 Å². The predicted molar refractivity (Wildman–Crippen MR) is 120 cm³/mol. The maximum Gasteiger partial charge on any atom is 0.573 e. The summed E-state index contributed by atoms with van der Waals surface area (Å²) in [4.78, 5) is 30.2. The number of ether oxygens (including phenoxy) is 2. The smallest absolute Gasteiger partial charge is 0.476 e. The van der Waals surface area contributed by atoms with E-state index in [-0.39, 0.29) is 40.1 Å². The lowest BCUT2D eigenvalue weighted by atomic mass is 10.1. The summed E-state index contributed by atoms with van der Waals surface area (Å²) in [5.41, 5.74) is 4.41. The number of nitrogens with two attached hydrogens (primary N) is 1. The van der Waals surface area contributed by atoms with Crippen LogP contribution in [0.15, 0.2) is 41.6 Å². The Labute approximate surface area is 203 Å². The van der Waals surface area contributed by atoms with E-state index in [9.17, 15) is 31.2 Å². The number of nitrogens with zero attached hydrogens (tertiary/aromatic N) is 3. The lowest BCUT2D eigenvalue weighted by molar-refractivity contribution is -0.274. The summed E-state index contributed by atoms with van der Waals surface area (Å²) in [7, 11) is -3.98. The molecule has 0 fully saturated rings. The lowest BCUT2D eigenvalue weighted by Crippen LogP contribution is -2.43. The second-order valence-corrected chi connectivity index (χ2v) is 10.7. The van der Waals surface area contributed by atoms with Gasteiger partial charge in [-0.1, -0.05) is 13.0 Å². The number of pyridine rings is 1. The van der Waals surface area contributed by atoms with Gasteiger partial charge < -0.3 is 15.2 Å². The van der Waals surface area contributed by atoms with Crippen LogP contribution >= 0.6 is 0 Å².